The molecule has 0 saturated carbocycles. The van der Waals surface area contributed by atoms with Gasteiger partial charge in [-0.15, -0.1) is 0 Å². The summed E-state index contributed by atoms with van der Waals surface area (Å²) in [7, 11) is 0. The lowest BCUT2D eigenvalue weighted by Gasteiger charge is -2.35. The Labute approximate surface area is 160 Å². The molecule has 1 fully saturated rings. The van der Waals surface area contributed by atoms with Crippen molar-refractivity contribution >= 4 is 5.97 Å². The molecule has 5 heteroatoms. The average molecular weight is 370 g/mol. The Morgan fingerprint density at radius 3 is 2.22 bits per heavy atom. The molecule has 5 nitrogen and oxygen atoms in total. The van der Waals surface area contributed by atoms with Crippen LogP contribution in [0.3, 0.4) is 0 Å². The zero-order chi connectivity index (χ0) is 18.9. The highest BCUT2D eigenvalue weighted by atomic mass is 16.7. The van der Waals surface area contributed by atoms with E-state index in [1.165, 1.54) is 6.92 Å². The Bertz CT molecular complexity index is 688. The van der Waals surface area contributed by atoms with Crippen molar-refractivity contribution in [3.8, 4) is 0 Å². The van der Waals surface area contributed by atoms with Gasteiger partial charge in [0, 0.05) is 13.3 Å². The first kappa shape index (κ1) is 19.5. The number of benzene rings is 2. The molecule has 1 heterocycles. The van der Waals surface area contributed by atoms with Gasteiger partial charge in [-0.2, -0.15) is 0 Å². The SMILES string of the molecule is CC(=O)O[C@H]1CC[C@H](OCc2ccccc2)[C@@H](COCc2ccccc2)O1. The van der Waals surface area contributed by atoms with Gasteiger partial charge < -0.3 is 18.9 Å². The third-order valence-corrected chi connectivity index (χ3v) is 4.43. The highest BCUT2D eigenvalue weighted by molar-refractivity contribution is 5.66. The average Bonchev–Trinajstić information content (AvgIpc) is 2.68. The third-order valence-electron chi connectivity index (χ3n) is 4.43. The second-order valence-corrected chi connectivity index (χ2v) is 6.63. The zero-order valence-corrected chi connectivity index (χ0v) is 15.6. The van der Waals surface area contributed by atoms with Crippen molar-refractivity contribution in [3.05, 3.63) is 71.8 Å². The molecule has 1 aliphatic heterocycles. The highest BCUT2D eigenvalue weighted by Gasteiger charge is 2.33. The molecule has 0 spiro atoms. The molecular weight excluding hydrogens is 344 g/mol. The van der Waals surface area contributed by atoms with Crippen LogP contribution in [0.25, 0.3) is 0 Å². The van der Waals surface area contributed by atoms with Crippen LogP contribution in [0.4, 0.5) is 0 Å². The number of carbonyl (C=O) groups excluding carboxylic acids is 1. The van der Waals surface area contributed by atoms with Gasteiger partial charge in [0.25, 0.3) is 0 Å². The molecule has 144 valence electrons. The van der Waals surface area contributed by atoms with Crippen LogP contribution in [0.1, 0.15) is 30.9 Å². The van der Waals surface area contributed by atoms with Crippen molar-refractivity contribution in [2.45, 2.75) is 51.5 Å². The molecule has 3 rings (SSSR count). The predicted molar refractivity (Wildman–Crippen MR) is 101 cm³/mol. The van der Waals surface area contributed by atoms with E-state index in [0.29, 0.717) is 26.2 Å². The minimum Gasteiger partial charge on any atom is -0.436 e. The fourth-order valence-corrected chi connectivity index (χ4v) is 3.09. The van der Waals surface area contributed by atoms with Crippen molar-refractivity contribution in [2.24, 2.45) is 0 Å². The summed E-state index contributed by atoms with van der Waals surface area (Å²) >= 11 is 0. The van der Waals surface area contributed by atoms with Crippen LogP contribution in [0.2, 0.25) is 0 Å². The Balaban J connectivity index is 1.55. The third kappa shape index (κ3) is 6.47. The maximum absolute atomic E-state index is 11.2. The van der Waals surface area contributed by atoms with Gasteiger partial charge >= 0.3 is 5.97 Å². The van der Waals surface area contributed by atoms with E-state index in [1.54, 1.807) is 0 Å². The van der Waals surface area contributed by atoms with E-state index in [4.69, 9.17) is 18.9 Å². The standard InChI is InChI=1S/C22H26O5/c1-17(23)26-22-13-12-20(25-15-19-10-6-3-7-11-19)21(27-22)16-24-14-18-8-4-2-5-9-18/h2-11,20-22H,12-16H2,1H3/t20-,21+,22+/m0/s1. The summed E-state index contributed by atoms with van der Waals surface area (Å²) in [5.41, 5.74) is 2.22. The smallest absolute Gasteiger partial charge is 0.304 e. The molecule has 0 aromatic heterocycles. The summed E-state index contributed by atoms with van der Waals surface area (Å²) in [6, 6.07) is 20.0. The quantitative estimate of drug-likeness (QED) is 0.661. The van der Waals surface area contributed by atoms with Crippen molar-refractivity contribution < 1.29 is 23.7 Å². The van der Waals surface area contributed by atoms with Crippen molar-refractivity contribution in [1.82, 2.24) is 0 Å². The van der Waals surface area contributed by atoms with E-state index in [-0.39, 0.29) is 18.2 Å². The van der Waals surface area contributed by atoms with Gasteiger partial charge in [0.15, 0.2) is 0 Å². The number of ether oxygens (including phenoxy) is 4. The van der Waals surface area contributed by atoms with Gasteiger partial charge in [0.2, 0.25) is 6.29 Å². The molecule has 0 radical (unpaired) electrons. The molecule has 1 aliphatic rings. The van der Waals surface area contributed by atoms with Crippen LogP contribution < -0.4 is 0 Å². The lowest BCUT2D eigenvalue weighted by atomic mass is 10.0. The summed E-state index contributed by atoms with van der Waals surface area (Å²) < 4.78 is 23.1. The second kappa shape index (κ2) is 10.2. The number of hydrogen-bond donors (Lipinski definition) is 0. The molecule has 0 N–H and O–H groups in total. The van der Waals surface area contributed by atoms with Crippen LogP contribution in [-0.2, 0) is 37.0 Å². The predicted octanol–water partition coefficient (Wildman–Crippen LogP) is 3.86. The monoisotopic (exact) mass is 370 g/mol. The molecule has 2 aromatic carbocycles. The fourth-order valence-electron chi connectivity index (χ4n) is 3.09. The maximum Gasteiger partial charge on any atom is 0.304 e. The Morgan fingerprint density at radius 2 is 1.59 bits per heavy atom. The van der Waals surface area contributed by atoms with Crippen LogP contribution in [0.15, 0.2) is 60.7 Å². The first-order chi connectivity index (χ1) is 13.2. The minimum absolute atomic E-state index is 0.104. The Hall–Kier alpha value is -2.21. The summed E-state index contributed by atoms with van der Waals surface area (Å²) in [5.74, 6) is -0.340. The van der Waals surface area contributed by atoms with E-state index >= 15 is 0 Å². The maximum atomic E-state index is 11.2. The summed E-state index contributed by atoms with van der Waals surface area (Å²) in [6.07, 6.45) is 0.450. The molecule has 2 aromatic rings. The summed E-state index contributed by atoms with van der Waals surface area (Å²) in [6.45, 7) is 2.79. The number of carbonyl (C=O) groups is 1. The molecule has 0 bridgehead atoms. The van der Waals surface area contributed by atoms with Crippen LogP contribution >= 0.6 is 0 Å². The van der Waals surface area contributed by atoms with Gasteiger partial charge in [-0.25, -0.2) is 0 Å². The van der Waals surface area contributed by atoms with E-state index < -0.39 is 6.29 Å². The van der Waals surface area contributed by atoms with E-state index in [9.17, 15) is 4.79 Å². The van der Waals surface area contributed by atoms with Crippen molar-refractivity contribution in [1.29, 1.82) is 0 Å². The molecule has 1 saturated heterocycles. The fraction of sp³-hybridized carbons (Fsp3) is 0.409. The second-order valence-electron chi connectivity index (χ2n) is 6.63. The zero-order valence-electron chi connectivity index (χ0n) is 15.6. The summed E-state index contributed by atoms with van der Waals surface area (Å²) in [4.78, 5) is 11.2. The van der Waals surface area contributed by atoms with Crippen LogP contribution in [0.5, 0.6) is 0 Å². The van der Waals surface area contributed by atoms with Gasteiger partial charge in [-0.05, 0) is 17.5 Å². The lowest BCUT2D eigenvalue weighted by Crippen LogP contribution is -2.44. The number of esters is 1. The van der Waals surface area contributed by atoms with Crippen molar-refractivity contribution in [2.75, 3.05) is 6.61 Å². The van der Waals surface area contributed by atoms with E-state index in [0.717, 1.165) is 17.5 Å². The minimum atomic E-state index is -0.538. The largest absolute Gasteiger partial charge is 0.436 e. The molecule has 3 atom stereocenters. The number of hydrogen-bond acceptors (Lipinski definition) is 5. The van der Waals surface area contributed by atoms with Gasteiger partial charge in [-0.1, -0.05) is 60.7 Å². The Morgan fingerprint density at radius 1 is 0.963 bits per heavy atom. The van der Waals surface area contributed by atoms with E-state index in [2.05, 4.69) is 0 Å². The van der Waals surface area contributed by atoms with Crippen LogP contribution in [0, 0.1) is 0 Å². The Kier molecular flexibility index (Phi) is 7.39. The molecule has 27 heavy (non-hydrogen) atoms. The van der Waals surface area contributed by atoms with Gasteiger partial charge in [0.1, 0.15) is 6.10 Å². The van der Waals surface area contributed by atoms with Crippen molar-refractivity contribution in [3.63, 3.8) is 0 Å². The molecule has 0 amide bonds. The van der Waals surface area contributed by atoms with Gasteiger partial charge in [-0.3, -0.25) is 4.79 Å². The highest BCUT2D eigenvalue weighted by Crippen LogP contribution is 2.25. The molecule has 0 aliphatic carbocycles. The first-order valence-corrected chi connectivity index (χ1v) is 9.30. The summed E-state index contributed by atoms with van der Waals surface area (Å²) in [5, 5.41) is 0. The topological polar surface area (TPSA) is 54.0 Å². The first-order valence-electron chi connectivity index (χ1n) is 9.30. The van der Waals surface area contributed by atoms with Gasteiger partial charge in [0.05, 0.1) is 25.9 Å². The number of rotatable bonds is 8. The molecular formula is C22H26O5. The van der Waals surface area contributed by atoms with Crippen LogP contribution in [-0.4, -0.2) is 31.1 Å². The lowest BCUT2D eigenvalue weighted by molar-refractivity contribution is -0.238. The van der Waals surface area contributed by atoms with E-state index in [1.807, 2.05) is 60.7 Å². The normalized spacial score (nSPS) is 22.3. The molecule has 0 unspecified atom stereocenters.